The van der Waals surface area contributed by atoms with Crippen molar-refractivity contribution in [3.05, 3.63) is 23.8 Å². The molecule has 0 bridgehead atoms. The van der Waals surface area contributed by atoms with Crippen LogP contribution in [0, 0.1) is 11.8 Å². The van der Waals surface area contributed by atoms with E-state index in [1.807, 2.05) is 27.7 Å². The van der Waals surface area contributed by atoms with Crippen LogP contribution < -0.4 is 14.8 Å². The quantitative estimate of drug-likeness (QED) is 0.104. The number of carboxylic acid groups (broad SMARTS) is 1. The minimum Gasteiger partial charge on any atom is -0.477 e. The summed E-state index contributed by atoms with van der Waals surface area (Å²) in [5.74, 6) is -1.87. The van der Waals surface area contributed by atoms with Crippen LogP contribution in [0.2, 0.25) is 0 Å². The zero-order chi connectivity index (χ0) is 32.4. The monoisotopic (exact) mass is 597 g/mol. The van der Waals surface area contributed by atoms with Crippen molar-refractivity contribution in [1.29, 1.82) is 0 Å². The molecule has 0 heterocycles. The van der Waals surface area contributed by atoms with Crippen LogP contribution in [0.5, 0.6) is 11.5 Å². The highest BCUT2D eigenvalue weighted by Crippen LogP contribution is 2.32. The van der Waals surface area contributed by atoms with Crippen LogP contribution in [0.15, 0.2) is 18.2 Å². The molecule has 1 aromatic rings. The largest absolute Gasteiger partial charge is 0.514 e. The van der Waals surface area contributed by atoms with Crippen LogP contribution in [0.25, 0.3) is 0 Å². The molecule has 2 unspecified atom stereocenters. The Kier molecular flexibility index (Phi) is 13.6. The maximum Gasteiger partial charge on any atom is 0.514 e. The van der Waals surface area contributed by atoms with Gasteiger partial charge in [0, 0.05) is 12.5 Å². The van der Waals surface area contributed by atoms with Crippen molar-refractivity contribution >= 4 is 24.4 Å². The number of rotatable bonds is 14. The summed E-state index contributed by atoms with van der Waals surface area (Å²) in [6.45, 7) is 19.4. The Balaban J connectivity index is 3.48. The molecule has 0 aliphatic carbocycles. The van der Waals surface area contributed by atoms with Crippen molar-refractivity contribution in [1.82, 2.24) is 5.32 Å². The zero-order valence-electron chi connectivity index (χ0n) is 26.6. The topological polar surface area (TPSA) is 156 Å². The number of carbonyl (C=O) groups excluding carboxylic acids is 3. The molecule has 0 fully saturated rings. The van der Waals surface area contributed by atoms with Crippen LogP contribution in [-0.2, 0) is 30.2 Å². The predicted molar refractivity (Wildman–Crippen MR) is 154 cm³/mol. The number of ether oxygens (including phenoxy) is 6. The first-order chi connectivity index (χ1) is 19.3. The Labute approximate surface area is 248 Å². The van der Waals surface area contributed by atoms with Crippen LogP contribution in [0.4, 0.5) is 14.4 Å². The number of carboxylic acids is 1. The van der Waals surface area contributed by atoms with Gasteiger partial charge in [0.1, 0.15) is 17.8 Å². The van der Waals surface area contributed by atoms with Crippen molar-refractivity contribution in [3.63, 3.8) is 0 Å². The molecule has 2 N–H and O–H groups in total. The molecule has 3 atom stereocenters. The van der Waals surface area contributed by atoms with Gasteiger partial charge in [0.05, 0.1) is 0 Å². The van der Waals surface area contributed by atoms with E-state index in [9.17, 15) is 24.3 Å². The second kappa shape index (κ2) is 15.6. The molecule has 12 heteroatoms. The lowest BCUT2D eigenvalue weighted by atomic mass is 10.0. The minimum atomic E-state index is -2.26. The second-order valence-corrected chi connectivity index (χ2v) is 11.8. The van der Waals surface area contributed by atoms with Crippen molar-refractivity contribution in [2.45, 2.75) is 119 Å². The highest BCUT2D eigenvalue weighted by molar-refractivity contribution is 5.80. The van der Waals surface area contributed by atoms with Crippen molar-refractivity contribution in [2.75, 3.05) is 0 Å². The first kappa shape index (κ1) is 36.5. The first-order valence-electron chi connectivity index (χ1n) is 14.1. The molecule has 238 valence electrons. The van der Waals surface area contributed by atoms with Gasteiger partial charge in [-0.05, 0) is 77.5 Å². The zero-order valence-corrected chi connectivity index (χ0v) is 26.6. The smallest absolute Gasteiger partial charge is 0.477 e. The van der Waals surface area contributed by atoms with Crippen LogP contribution in [0.1, 0.15) is 88.1 Å². The summed E-state index contributed by atoms with van der Waals surface area (Å²) in [6.07, 6.45) is -4.15. The molecule has 12 nitrogen and oxygen atoms in total. The molecular formula is C30H47NO11. The van der Waals surface area contributed by atoms with Gasteiger partial charge < -0.3 is 33.5 Å². The number of hydrogen-bond donors (Lipinski definition) is 2. The average Bonchev–Trinajstić information content (AvgIpc) is 2.84. The molecule has 0 saturated heterocycles. The normalized spacial score (nSPS) is 14.5. The fraction of sp³-hybridized carbons (Fsp3) is 0.667. The average molecular weight is 598 g/mol. The molecule has 0 saturated carbocycles. The molecule has 0 spiro atoms. The van der Waals surface area contributed by atoms with Crippen molar-refractivity contribution in [2.24, 2.45) is 11.8 Å². The van der Waals surface area contributed by atoms with Gasteiger partial charge in [-0.15, -0.1) is 0 Å². The molecule has 1 rings (SSSR count). The van der Waals surface area contributed by atoms with E-state index in [0.717, 1.165) is 0 Å². The maximum atomic E-state index is 12.7. The van der Waals surface area contributed by atoms with Crippen LogP contribution >= 0.6 is 0 Å². The summed E-state index contributed by atoms with van der Waals surface area (Å²) < 4.78 is 32.0. The van der Waals surface area contributed by atoms with E-state index in [4.69, 9.17) is 28.4 Å². The summed E-state index contributed by atoms with van der Waals surface area (Å²) in [4.78, 5) is 50.3. The fourth-order valence-electron chi connectivity index (χ4n) is 3.14. The molecule has 42 heavy (non-hydrogen) atoms. The highest BCUT2D eigenvalue weighted by atomic mass is 16.8. The predicted octanol–water partition coefficient (Wildman–Crippen LogP) is 6.47. The Morgan fingerprint density at radius 1 is 0.786 bits per heavy atom. The Morgan fingerprint density at radius 3 is 1.71 bits per heavy atom. The summed E-state index contributed by atoms with van der Waals surface area (Å²) in [5.41, 5.74) is -2.90. The standard InChI is InChI=1S/C30H47NO11/c1-12-29(10,11)41-28(36)42-30(25(32)33,31-19(6)7)16-22-13-14-23(39-26(34)37-20(8)17(2)3)24(15-22)40-27(35)38-21(9)18(4)5/h13-15,17-21,31H,12,16H2,1-11H3,(H,32,33)/t20?,21?,30-/m0/s1. The third kappa shape index (κ3) is 11.8. The first-order valence-corrected chi connectivity index (χ1v) is 14.1. The van der Waals surface area contributed by atoms with Gasteiger partial charge in [-0.3, -0.25) is 5.32 Å². The maximum absolute atomic E-state index is 12.7. The number of aliphatic carboxylic acids is 1. The Hall–Kier alpha value is -3.54. The molecule has 0 aliphatic heterocycles. The van der Waals surface area contributed by atoms with E-state index in [0.29, 0.717) is 6.42 Å². The van der Waals surface area contributed by atoms with Gasteiger partial charge in [0.2, 0.25) is 0 Å². The van der Waals surface area contributed by atoms with E-state index in [1.165, 1.54) is 18.2 Å². The van der Waals surface area contributed by atoms with Crippen LogP contribution in [-0.4, -0.2) is 59.1 Å². The number of nitrogens with one attached hydrogen (secondary N) is 1. The van der Waals surface area contributed by atoms with Gasteiger partial charge in [0.25, 0.3) is 5.72 Å². The highest BCUT2D eigenvalue weighted by Gasteiger charge is 2.45. The SMILES string of the molecule is CCC(C)(C)OC(=O)O[C@](Cc1ccc(OC(=O)OC(C)C(C)C)c(OC(=O)OC(C)C(C)C)c1)(NC(C)C)C(=O)O. The molecule has 1 aromatic carbocycles. The molecule has 0 radical (unpaired) electrons. The number of hydrogen-bond acceptors (Lipinski definition) is 11. The van der Waals surface area contributed by atoms with Crippen molar-refractivity contribution in [3.8, 4) is 11.5 Å². The van der Waals surface area contributed by atoms with Crippen molar-refractivity contribution < 1.29 is 52.7 Å². The van der Waals surface area contributed by atoms with Gasteiger partial charge in [-0.25, -0.2) is 19.2 Å². The van der Waals surface area contributed by atoms with Gasteiger partial charge in [-0.1, -0.05) is 40.7 Å². The summed E-state index contributed by atoms with van der Waals surface area (Å²) in [6, 6.07) is 3.61. The number of benzene rings is 1. The summed E-state index contributed by atoms with van der Waals surface area (Å²) in [7, 11) is 0. The van der Waals surface area contributed by atoms with E-state index >= 15 is 0 Å². The second-order valence-electron chi connectivity index (χ2n) is 11.8. The lowest BCUT2D eigenvalue weighted by Crippen LogP contribution is -2.59. The summed E-state index contributed by atoms with van der Waals surface area (Å²) >= 11 is 0. The molecule has 0 amide bonds. The van der Waals surface area contributed by atoms with E-state index in [-0.39, 0.29) is 28.9 Å². The summed E-state index contributed by atoms with van der Waals surface area (Å²) in [5, 5.41) is 13.0. The molecule has 0 aliphatic rings. The van der Waals surface area contributed by atoms with Gasteiger partial charge in [-0.2, -0.15) is 0 Å². The van der Waals surface area contributed by atoms with E-state index < -0.39 is 60.4 Å². The van der Waals surface area contributed by atoms with E-state index in [2.05, 4.69) is 5.32 Å². The Morgan fingerprint density at radius 2 is 1.29 bits per heavy atom. The fourth-order valence-corrected chi connectivity index (χ4v) is 3.14. The van der Waals surface area contributed by atoms with Gasteiger partial charge in [0.15, 0.2) is 11.5 Å². The number of carbonyl (C=O) groups is 4. The lowest BCUT2D eigenvalue weighted by Gasteiger charge is -2.33. The molecule has 0 aromatic heterocycles. The lowest BCUT2D eigenvalue weighted by molar-refractivity contribution is -0.169. The van der Waals surface area contributed by atoms with E-state index in [1.54, 1.807) is 48.5 Å². The van der Waals surface area contributed by atoms with Gasteiger partial charge >= 0.3 is 24.4 Å². The minimum absolute atomic E-state index is 0.0000139. The van der Waals surface area contributed by atoms with Crippen LogP contribution in [0.3, 0.4) is 0 Å². The molecular weight excluding hydrogens is 550 g/mol. The third-order valence-electron chi connectivity index (χ3n) is 6.63. The Bertz CT molecular complexity index is 1080. The third-order valence-corrected chi connectivity index (χ3v) is 6.63.